The van der Waals surface area contributed by atoms with Gasteiger partial charge in [0.2, 0.25) is 0 Å². The summed E-state index contributed by atoms with van der Waals surface area (Å²) < 4.78 is 22.4. The van der Waals surface area contributed by atoms with Gasteiger partial charge in [0.1, 0.15) is 5.82 Å². The molecule has 8 nitrogen and oxygen atoms in total. The molecule has 1 aliphatic heterocycles. The Hall–Kier alpha value is -3.62. The topological polar surface area (TPSA) is 76.8 Å². The molecule has 0 spiro atoms. The van der Waals surface area contributed by atoms with Gasteiger partial charge in [0.15, 0.2) is 6.61 Å². The molecule has 0 radical (unpaired) electrons. The van der Waals surface area contributed by atoms with Crippen LogP contribution in [0, 0.1) is 5.82 Å². The summed E-state index contributed by atoms with van der Waals surface area (Å²) in [5.74, 6) is -1.10. The van der Waals surface area contributed by atoms with E-state index in [4.69, 9.17) is 4.74 Å². The molecule has 1 aromatic heterocycles. The molecule has 2 aromatic carbocycles. The quantitative estimate of drug-likeness (QED) is 0.512. The minimum absolute atomic E-state index is 0.00797. The number of hydrogen-bond acceptors (Lipinski definition) is 5. The summed E-state index contributed by atoms with van der Waals surface area (Å²) in [5.41, 5.74) is 1.94. The Morgan fingerprint density at radius 3 is 2.24 bits per heavy atom. The van der Waals surface area contributed by atoms with Gasteiger partial charge in [-0.3, -0.25) is 18.7 Å². The van der Waals surface area contributed by atoms with E-state index in [1.165, 1.54) is 6.07 Å². The highest BCUT2D eigenvalue weighted by molar-refractivity contribution is 5.81. The van der Waals surface area contributed by atoms with Gasteiger partial charge in [-0.05, 0) is 31.2 Å². The highest BCUT2D eigenvalue weighted by Crippen LogP contribution is 2.20. The monoisotopic (exact) mass is 454 g/mol. The molecule has 1 fully saturated rings. The van der Waals surface area contributed by atoms with Gasteiger partial charge < -0.3 is 14.5 Å². The van der Waals surface area contributed by atoms with E-state index >= 15 is 0 Å². The Labute approximate surface area is 190 Å². The molecule has 4 rings (SSSR count). The molecule has 0 unspecified atom stereocenters. The molecule has 33 heavy (non-hydrogen) atoms. The van der Waals surface area contributed by atoms with Crippen molar-refractivity contribution in [1.29, 1.82) is 0 Å². The van der Waals surface area contributed by atoms with E-state index in [1.807, 2.05) is 36.1 Å². The summed E-state index contributed by atoms with van der Waals surface area (Å²) in [4.78, 5) is 40.8. The number of benzene rings is 2. The molecule has 3 aromatic rings. The van der Waals surface area contributed by atoms with Crippen LogP contribution in [0.25, 0.3) is 11.0 Å². The third-order valence-corrected chi connectivity index (χ3v) is 5.96. The number of fused-ring (bicyclic) bond motifs is 1. The molecular weight excluding hydrogens is 427 g/mol. The number of halogens is 1. The molecule has 0 atom stereocenters. The van der Waals surface area contributed by atoms with Gasteiger partial charge in [-0.2, -0.15) is 0 Å². The van der Waals surface area contributed by atoms with E-state index in [1.54, 1.807) is 32.2 Å². The minimum Gasteiger partial charge on any atom is -0.456 e. The van der Waals surface area contributed by atoms with Crippen LogP contribution >= 0.6 is 0 Å². The molecular formula is C24H27FN4O4. The number of hydrogen-bond donors (Lipinski definition) is 0. The van der Waals surface area contributed by atoms with Gasteiger partial charge in [0.05, 0.1) is 23.1 Å². The predicted molar refractivity (Wildman–Crippen MR) is 123 cm³/mol. The van der Waals surface area contributed by atoms with Gasteiger partial charge in [0.25, 0.3) is 5.91 Å². The lowest BCUT2D eigenvalue weighted by atomic mass is 10.2. The van der Waals surface area contributed by atoms with Crippen LogP contribution in [0.1, 0.15) is 13.3 Å². The van der Waals surface area contributed by atoms with Crippen LogP contribution in [0.15, 0.2) is 53.3 Å². The normalized spacial score (nSPS) is 14.0. The van der Waals surface area contributed by atoms with Crippen LogP contribution in [0.2, 0.25) is 0 Å². The van der Waals surface area contributed by atoms with E-state index in [2.05, 4.69) is 0 Å². The Bertz CT molecular complexity index is 1210. The van der Waals surface area contributed by atoms with E-state index in [0.29, 0.717) is 38.4 Å². The van der Waals surface area contributed by atoms with Crippen LogP contribution in [0.3, 0.4) is 0 Å². The van der Waals surface area contributed by atoms with Gasteiger partial charge in [0, 0.05) is 39.3 Å². The van der Waals surface area contributed by atoms with Gasteiger partial charge in [-0.15, -0.1) is 0 Å². The number of piperazine rings is 1. The van der Waals surface area contributed by atoms with Crippen LogP contribution in [0.5, 0.6) is 0 Å². The number of esters is 1. The number of carbonyl (C=O) groups is 2. The second-order valence-corrected chi connectivity index (χ2v) is 7.90. The van der Waals surface area contributed by atoms with Crippen LogP contribution in [0.4, 0.5) is 10.1 Å². The van der Waals surface area contributed by atoms with Crippen LogP contribution < -0.4 is 10.6 Å². The summed E-state index contributed by atoms with van der Waals surface area (Å²) in [5, 5.41) is 0. The van der Waals surface area contributed by atoms with Gasteiger partial charge in [-0.1, -0.05) is 24.3 Å². The maximum Gasteiger partial charge on any atom is 0.329 e. The number of aryl methyl sites for hydroxylation is 2. The first-order valence-corrected chi connectivity index (χ1v) is 11.1. The number of aromatic nitrogens is 2. The van der Waals surface area contributed by atoms with E-state index in [-0.39, 0.29) is 37.0 Å². The SMILES string of the molecule is CCn1c(=O)n(CCC(=O)OCC(=O)N2CCN(c3ccccc3F)CC2)c2ccccc21. The first-order valence-electron chi connectivity index (χ1n) is 11.1. The lowest BCUT2D eigenvalue weighted by Gasteiger charge is -2.36. The summed E-state index contributed by atoms with van der Waals surface area (Å²) in [6.07, 6.45) is -0.00797. The molecule has 0 bridgehead atoms. The number of amides is 1. The van der Waals surface area contributed by atoms with Crippen molar-refractivity contribution in [3.05, 3.63) is 64.8 Å². The fourth-order valence-electron chi connectivity index (χ4n) is 4.21. The van der Waals surface area contributed by atoms with Crippen molar-refractivity contribution in [3.8, 4) is 0 Å². The lowest BCUT2D eigenvalue weighted by molar-refractivity contribution is -0.152. The molecule has 0 aliphatic carbocycles. The number of carbonyl (C=O) groups excluding carboxylic acids is 2. The van der Waals surface area contributed by atoms with Crippen molar-refractivity contribution in [2.45, 2.75) is 26.4 Å². The van der Waals surface area contributed by atoms with E-state index < -0.39 is 5.97 Å². The molecule has 0 saturated carbocycles. The summed E-state index contributed by atoms with van der Waals surface area (Å²) in [7, 11) is 0. The van der Waals surface area contributed by atoms with Gasteiger partial charge >= 0.3 is 11.7 Å². The molecule has 2 heterocycles. The number of ether oxygens (including phenoxy) is 1. The zero-order valence-electron chi connectivity index (χ0n) is 18.6. The minimum atomic E-state index is -0.534. The van der Waals surface area contributed by atoms with Crippen LogP contribution in [-0.4, -0.2) is 58.7 Å². The van der Waals surface area contributed by atoms with Crippen LogP contribution in [-0.2, 0) is 27.4 Å². The van der Waals surface area contributed by atoms with Gasteiger partial charge in [-0.25, -0.2) is 9.18 Å². The Kier molecular flexibility index (Phi) is 6.76. The highest BCUT2D eigenvalue weighted by Gasteiger charge is 2.23. The smallest absolute Gasteiger partial charge is 0.329 e. The number of nitrogens with zero attached hydrogens (tertiary/aromatic N) is 4. The van der Waals surface area contributed by atoms with Crippen molar-refractivity contribution in [2.24, 2.45) is 0 Å². The molecule has 1 saturated heterocycles. The summed E-state index contributed by atoms with van der Waals surface area (Å²) >= 11 is 0. The van der Waals surface area contributed by atoms with Crippen molar-refractivity contribution in [1.82, 2.24) is 14.0 Å². The fraction of sp³-hybridized carbons (Fsp3) is 0.375. The maximum absolute atomic E-state index is 14.0. The molecule has 1 aliphatic rings. The van der Waals surface area contributed by atoms with E-state index in [0.717, 1.165) is 11.0 Å². The average Bonchev–Trinajstić information content (AvgIpc) is 3.12. The zero-order chi connectivity index (χ0) is 23.4. The molecule has 1 amide bonds. The summed E-state index contributed by atoms with van der Waals surface area (Å²) in [6.45, 7) is 4.14. The molecule has 174 valence electrons. The zero-order valence-corrected chi connectivity index (χ0v) is 18.6. The highest BCUT2D eigenvalue weighted by atomic mass is 19.1. The third-order valence-electron chi connectivity index (χ3n) is 5.96. The largest absolute Gasteiger partial charge is 0.456 e. The van der Waals surface area contributed by atoms with Crippen molar-refractivity contribution < 1.29 is 18.7 Å². The summed E-state index contributed by atoms with van der Waals surface area (Å²) in [6, 6.07) is 14.0. The second-order valence-electron chi connectivity index (χ2n) is 7.90. The predicted octanol–water partition coefficient (Wildman–Crippen LogP) is 2.24. The van der Waals surface area contributed by atoms with Crippen molar-refractivity contribution in [2.75, 3.05) is 37.7 Å². The number of anilines is 1. The fourth-order valence-corrected chi connectivity index (χ4v) is 4.21. The maximum atomic E-state index is 14.0. The van der Waals surface area contributed by atoms with Crippen molar-refractivity contribution >= 4 is 28.6 Å². The average molecular weight is 455 g/mol. The van der Waals surface area contributed by atoms with E-state index in [9.17, 15) is 18.8 Å². The Morgan fingerprint density at radius 2 is 1.58 bits per heavy atom. The second kappa shape index (κ2) is 9.89. The third kappa shape index (κ3) is 4.76. The van der Waals surface area contributed by atoms with Crippen molar-refractivity contribution in [3.63, 3.8) is 0 Å². The number of para-hydroxylation sites is 3. The first-order chi connectivity index (χ1) is 16.0. The molecule has 9 heteroatoms. The Morgan fingerprint density at radius 1 is 0.939 bits per heavy atom. The number of rotatable bonds is 7. The lowest BCUT2D eigenvalue weighted by Crippen LogP contribution is -2.50. The first kappa shape index (κ1) is 22.6. The Balaban J connectivity index is 1.27. The molecule has 0 N–H and O–H groups in total. The standard InChI is InChI=1S/C24H27FN4O4/c1-2-28-20-9-5-6-10-21(20)29(24(28)32)12-11-23(31)33-17-22(30)27-15-13-26(14-16-27)19-8-4-3-7-18(19)25/h3-10H,2,11-17H2,1H3. The number of imidazole rings is 1.